The van der Waals surface area contributed by atoms with E-state index >= 15 is 0 Å². The normalized spacial score (nSPS) is 12.5. The fourth-order valence-corrected chi connectivity index (χ4v) is 1.70. The molecule has 15 heavy (non-hydrogen) atoms. The standard InChI is InChI=1S/C10H12FNO2S/c1-15-9-5-6(2-3-7(9)11)4-8(12)10(13)14/h2-3,5,8H,4,12H2,1H3,(H,13,14). The number of nitrogens with two attached hydrogens (primary N) is 1. The van der Waals surface area contributed by atoms with Crippen LogP contribution in [0.1, 0.15) is 5.56 Å². The third kappa shape index (κ3) is 3.21. The summed E-state index contributed by atoms with van der Waals surface area (Å²) in [6, 6.07) is 3.57. The lowest BCUT2D eigenvalue weighted by Gasteiger charge is -2.07. The first kappa shape index (κ1) is 12.0. The second kappa shape index (κ2) is 5.14. The summed E-state index contributed by atoms with van der Waals surface area (Å²) >= 11 is 1.28. The molecule has 5 heteroatoms. The number of benzene rings is 1. The number of aliphatic carboxylic acids is 1. The number of rotatable bonds is 4. The molecule has 0 fully saturated rings. The molecule has 0 aliphatic rings. The van der Waals surface area contributed by atoms with Gasteiger partial charge in [-0.1, -0.05) is 6.07 Å². The second-order valence-corrected chi connectivity index (χ2v) is 3.97. The van der Waals surface area contributed by atoms with Gasteiger partial charge in [0.15, 0.2) is 0 Å². The van der Waals surface area contributed by atoms with E-state index in [4.69, 9.17) is 10.8 Å². The zero-order valence-electron chi connectivity index (χ0n) is 8.24. The molecule has 0 amide bonds. The summed E-state index contributed by atoms with van der Waals surface area (Å²) in [7, 11) is 0. The fraction of sp³-hybridized carbons (Fsp3) is 0.300. The van der Waals surface area contributed by atoms with Crippen LogP contribution in [0, 0.1) is 5.82 Å². The highest BCUT2D eigenvalue weighted by Crippen LogP contribution is 2.20. The van der Waals surface area contributed by atoms with Crippen molar-refractivity contribution in [3.8, 4) is 0 Å². The van der Waals surface area contributed by atoms with Gasteiger partial charge >= 0.3 is 5.97 Å². The third-order valence-corrected chi connectivity index (χ3v) is 2.74. The number of thioether (sulfide) groups is 1. The second-order valence-electron chi connectivity index (χ2n) is 3.12. The molecule has 1 atom stereocenters. The number of hydrogen-bond donors (Lipinski definition) is 2. The first-order valence-corrected chi connectivity index (χ1v) is 5.58. The van der Waals surface area contributed by atoms with Crippen LogP contribution in [0.4, 0.5) is 4.39 Å². The van der Waals surface area contributed by atoms with Crippen LogP contribution < -0.4 is 5.73 Å². The average Bonchev–Trinajstić information content (AvgIpc) is 2.20. The van der Waals surface area contributed by atoms with Crippen molar-refractivity contribution in [1.29, 1.82) is 0 Å². The molecule has 1 rings (SSSR count). The van der Waals surface area contributed by atoms with Crippen LogP contribution in [0.25, 0.3) is 0 Å². The van der Waals surface area contributed by atoms with Crippen LogP contribution in [0.15, 0.2) is 23.1 Å². The Morgan fingerprint density at radius 1 is 1.67 bits per heavy atom. The molecule has 0 aliphatic carbocycles. The van der Waals surface area contributed by atoms with Gasteiger partial charge in [-0.3, -0.25) is 4.79 Å². The van der Waals surface area contributed by atoms with Gasteiger partial charge in [-0.25, -0.2) is 4.39 Å². The SMILES string of the molecule is CSc1cc(CC(N)C(=O)O)ccc1F. The summed E-state index contributed by atoms with van der Waals surface area (Å²) < 4.78 is 13.1. The van der Waals surface area contributed by atoms with E-state index in [1.165, 1.54) is 17.8 Å². The lowest BCUT2D eigenvalue weighted by atomic mass is 10.1. The van der Waals surface area contributed by atoms with Crippen LogP contribution >= 0.6 is 11.8 Å². The number of carboxylic acids is 1. The van der Waals surface area contributed by atoms with Crippen molar-refractivity contribution in [2.45, 2.75) is 17.4 Å². The molecule has 0 saturated heterocycles. The Morgan fingerprint density at radius 3 is 2.87 bits per heavy atom. The minimum atomic E-state index is -1.05. The molecule has 0 radical (unpaired) electrons. The molecular weight excluding hydrogens is 217 g/mol. The van der Waals surface area contributed by atoms with Crippen LogP contribution in [0.3, 0.4) is 0 Å². The lowest BCUT2D eigenvalue weighted by Crippen LogP contribution is -2.32. The maximum atomic E-state index is 13.1. The maximum Gasteiger partial charge on any atom is 0.320 e. The summed E-state index contributed by atoms with van der Waals surface area (Å²) in [5, 5.41) is 8.62. The van der Waals surface area contributed by atoms with Crippen LogP contribution in [0.5, 0.6) is 0 Å². The van der Waals surface area contributed by atoms with E-state index in [0.717, 1.165) is 5.56 Å². The number of halogens is 1. The Hall–Kier alpha value is -1.07. The summed E-state index contributed by atoms with van der Waals surface area (Å²) in [6.07, 6.45) is 1.97. The van der Waals surface area contributed by atoms with Gasteiger partial charge in [0.25, 0.3) is 0 Å². The molecule has 1 aromatic carbocycles. The molecule has 3 N–H and O–H groups in total. The number of hydrogen-bond acceptors (Lipinski definition) is 3. The Bertz CT molecular complexity index is 370. The molecule has 0 saturated carbocycles. The molecule has 1 unspecified atom stereocenters. The Kier molecular flexibility index (Phi) is 4.11. The largest absolute Gasteiger partial charge is 0.480 e. The summed E-state index contributed by atoms with van der Waals surface area (Å²) in [5.74, 6) is -1.35. The van der Waals surface area contributed by atoms with E-state index in [1.54, 1.807) is 18.4 Å². The molecule has 0 heterocycles. The van der Waals surface area contributed by atoms with Gasteiger partial charge in [-0.15, -0.1) is 11.8 Å². The predicted octanol–water partition coefficient (Wildman–Crippen LogP) is 1.50. The summed E-state index contributed by atoms with van der Waals surface area (Å²) in [4.78, 5) is 11.0. The van der Waals surface area contributed by atoms with E-state index < -0.39 is 12.0 Å². The van der Waals surface area contributed by atoms with Crippen molar-refractivity contribution in [2.75, 3.05) is 6.26 Å². The molecule has 0 spiro atoms. The highest BCUT2D eigenvalue weighted by molar-refractivity contribution is 7.98. The predicted molar refractivity (Wildman–Crippen MR) is 57.5 cm³/mol. The Balaban J connectivity index is 2.83. The quantitative estimate of drug-likeness (QED) is 0.768. The molecule has 0 bridgehead atoms. The fourth-order valence-electron chi connectivity index (χ4n) is 1.17. The van der Waals surface area contributed by atoms with Crippen molar-refractivity contribution >= 4 is 17.7 Å². The minimum absolute atomic E-state index is 0.211. The van der Waals surface area contributed by atoms with E-state index in [9.17, 15) is 9.18 Å². The van der Waals surface area contributed by atoms with E-state index in [1.807, 2.05) is 0 Å². The third-order valence-electron chi connectivity index (χ3n) is 1.99. The van der Waals surface area contributed by atoms with Gasteiger partial charge in [0.05, 0.1) is 0 Å². The average molecular weight is 229 g/mol. The highest BCUT2D eigenvalue weighted by Gasteiger charge is 2.13. The zero-order valence-corrected chi connectivity index (χ0v) is 9.05. The van der Waals surface area contributed by atoms with Gasteiger partial charge in [0.2, 0.25) is 0 Å². The topological polar surface area (TPSA) is 63.3 Å². The Morgan fingerprint density at radius 2 is 2.33 bits per heavy atom. The van der Waals surface area contributed by atoms with Crippen molar-refractivity contribution in [1.82, 2.24) is 0 Å². The van der Waals surface area contributed by atoms with Gasteiger partial charge in [0, 0.05) is 4.90 Å². The first-order chi connectivity index (χ1) is 7.04. The van der Waals surface area contributed by atoms with E-state index in [0.29, 0.717) is 4.90 Å². The number of carboxylic acid groups (broad SMARTS) is 1. The smallest absolute Gasteiger partial charge is 0.320 e. The van der Waals surface area contributed by atoms with Crippen LogP contribution in [0.2, 0.25) is 0 Å². The van der Waals surface area contributed by atoms with Crippen molar-refractivity contribution in [3.63, 3.8) is 0 Å². The van der Waals surface area contributed by atoms with Gasteiger partial charge in [0.1, 0.15) is 11.9 Å². The molecule has 1 aromatic rings. The maximum absolute atomic E-state index is 13.1. The summed E-state index contributed by atoms with van der Waals surface area (Å²) in [5.41, 5.74) is 6.11. The lowest BCUT2D eigenvalue weighted by molar-refractivity contribution is -0.138. The van der Waals surface area contributed by atoms with Gasteiger partial charge in [-0.2, -0.15) is 0 Å². The number of carbonyl (C=O) groups is 1. The van der Waals surface area contributed by atoms with Crippen molar-refractivity contribution in [2.24, 2.45) is 5.73 Å². The summed E-state index contributed by atoms with van der Waals surface area (Å²) in [6.45, 7) is 0. The molecule has 0 aliphatic heterocycles. The van der Waals surface area contributed by atoms with E-state index in [2.05, 4.69) is 0 Å². The highest BCUT2D eigenvalue weighted by atomic mass is 32.2. The molecule has 82 valence electrons. The van der Waals surface area contributed by atoms with Crippen LogP contribution in [-0.4, -0.2) is 23.4 Å². The van der Waals surface area contributed by atoms with E-state index in [-0.39, 0.29) is 12.2 Å². The first-order valence-electron chi connectivity index (χ1n) is 4.35. The Labute approximate surface area is 91.5 Å². The zero-order chi connectivity index (χ0) is 11.4. The van der Waals surface area contributed by atoms with Gasteiger partial charge < -0.3 is 10.8 Å². The van der Waals surface area contributed by atoms with Crippen molar-refractivity contribution in [3.05, 3.63) is 29.6 Å². The van der Waals surface area contributed by atoms with Crippen LogP contribution in [-0.2, 0) is 11.2 Å². The molecular formula is C10H12FNO2S. The molecule has 3 nitrogen and oxygen atoms in total. The van der Waals surface area contributed by atoms with Gasteiger partial charge in [-0.05, 0) is 30.4 Å². The van der Waals surface area contributed by atoms with Crippen molar-refractivity contribution < 1.29 is 14.3 Å². The molecule has 0 aromatic heterocycles. The minimum Gasteiger partial charge on any atom is -0.480 e. The monoisotopic (exact) mass is 229 g/mol.